The standard InChI is InChI=1S/C28H26BrNO5/c1-4-35-21-10-7-9-18(15-21)25-24(26(31)19-12-13-22(29)17(2)14-19)27(32)28(33)30(25)16-20-8-5-6-11-23(20)34-3/h5-15,25,31H,4,16H2,1-3H3/b26-24-. The molecule has 1 N–H and O–H groups in total. The van der Waals surface area contributed by atoms with E-state index < -0.39 is 17.7 Å². The number of hydrogen-bond donors (Lipinski definition) is 1. The number of aryl methyl sites for hydroxylation is 1. The number of rotatable bonds is 7. The van der Waals surface area contributed by atoms with Crippen molar-refractivity contribution in [1.29, 1.82) is 0 Å². The van der Waals surface area contributed by atoms with Gasteiger partial charge in [0.15, 0.2) is 0 Å². The van der Waals surface area contributed by atoms with Gasteiger partial charge in [0.25, 0.3) is 11.7 Å². The Kier molecular flexibility index (Phi) is 7.26. The number of nitrogens with zero attached hydrogens (tertiary/aromatic N) is 1. The number of amides is 1. The molecule has 0 bridgehead atoms. The molecule has 3 aromatic carbocycles. The third kappa shape index (κ3) is 4.82. The molecule has 1 amide bonds. The van der Waals surface area contributed by atoms with Crippen LogP contribution >= 0.6 is 15.9 Å². The van der Waals surface area contributed by atoms with Crippen molar-refractivity contribution < 1.29 is 24.2 Å². The largest absolute Gasteiger partial charge is 0.507 e. The predicted octanol–water partition coefficient (Wildman–Crippen LogP) is 5.79. The Morgan fingerprint density at radius 3 is 2.54 bits per heavy atom. The van der Waals surface area contributed by atoms with Gasteiger partial charge in [0.1, 0.15) is 17.3 Å². The van der Waals surface area contributed by atoms with Crippen LogP contribution in [0.4, 0.5) is 0 Å². The summed E-state index contributed by atoms with van der Waals surface area (Å²) in [6.45, 7) is 4.39. The maximum atomic E-state index is 13.3. The molecule has 1 unspecified atom stereocenters. The van der Waals surface area contributed by atoms with Gasteiger partial charge in [-0.3, -0.25) is 9.59 Å². The van der Waals surface area contributed by atoms with E-state index >= 15 is 0 Å². The maximum absolute atomic E-state index is 13.3. The molecule has 1 atom stereocenters. The zero-order chi connectivity index (χ0) is 25.1. The summed E-state index contributed by atoms with van der Waals surface area (Å²) >= 11 is 3.46. The highest BCUT2D eigenvalue weighted by molar-refractivity contribution is 9.10. The van der Waals surface area contributed by atoms with Crippen molar-refractivity contribution >= 4 is 33.4 Å². The van der Waals surface area contributed by atoms with E-state index in [1.54, 1.807) is 37.4 Å². The van der Waals surface area contributed by atoms with Crippen LogP contribution in [0, 0.1) is 6.92 Å². The van der Waals surface area contributed by atoms with Crippen molar-refractivity contribution in [2.24, 2.45) is 0 Å². The SMILES string of the molecule is CCOc1cccc(C2/C(=C(/O)c3ccc(Br)c(C)c3)C(=O)C(=O)N2Cc2ccccc2OC)c1. The molecular weight excluding hydrogens is 510 g/mol. The summed E-state index contributed by atoms with van der Waals surface area (Å²) in [7, 11) is 1.56. The van der Waals surface area contributed by atoms with Gasteiger partial charge < -0.3 is 19.5 Å². The van der Waals surface area contributed by atoms with Crippen LogP contribution in [0.1, 0.15) is 35.2 Å². The van der Waals surface area contributed by atoms with Crippen molar-refractivity contribution in [3.8, 4) is 11.5 Å². The van der Waals surface area contributed by atoms with E-state index in [-0.39, 0.29) is 17.9 Å². The highest BCUT2D eigenvalue weighted by Gasteiger charge is 2.46. The van der Waals surface area contributed by atoms with Gasteiger partial charge in [-0.1, -0.05) is 52.3 Å². The van der Waals surface area contributed by atoms with Crippen LogP contribution in [0.5, 0.6) is 11.5 Å². The molecule has 1 fully saturated rings. The molecule has 6 nitrogen and oxygen atoms in total. The number of halogens is 1. The molecule has 3 aromatic rings. The van der Waals surface area contributed by atoms with E-state index in [0.29, 0.717) is 29.2 Å². The molecule has 7 heteroatoms. The number of benzene rings is 3. The van der Waals surface area contributed by atoms with E-state index in [2.05, 4.69) is 15.9 Å². The summed E-state index contributed by atoms with van der Waals surface area (Å²) in [5.74, 6) is -0.400. The number of methoxy groups -OCH3 is 1. The molecule has 0 saturated carbocycles. The van der Waals surface area contributed by atoms with Crippen LogP contribution < -0.4 is 9.47 Å². The quantitative estimate of drug-likeness (QED) is 0.235. The van der Waals surface area contributed by atoms with Gasteiger partial charge in [-0.15, -0.1) is 0 Å². The second-order valence-corrected chi connectivity index (χ2v) is 9.06. The van der Waals surface area contributed by atoms with Crippen molar-refractivity contribution in [1.82, 2.24) is 4.90 Å². The van der Waals surface area contributed by atoms with Crippen molar-refractivity contribution in [3.63, 3.8) is 0 Å². The zero-order valence-electron chi connectivity index (χ0n) is 19.7. The molecule has 0 spiro atoms. The van der Waals surface area contributed by atoms with Crippen LogP contribution in [0.25, 0.3) is 5.76 Å². The molecule has 180 valence electrons. The third-order valence-corrected chi connectivity index (χ3v) is 6.88. The van der Waals surface area contributed by atoms with E-state index in [4.69, 9.17) is 9.47 Å². The summed E-state index contributed by atoms with van der Waals surface area (Å²) in [6.07, 6.45) is 0. The minimum atomic E-state index is -0.802. The fourth-order valence-corrected chi connectivity index (χ4v) is 4.54. The van der Waals surface area contributed by atoms with E-state index in [1.165, 1.54) is 4.90 Å². The van der Waals surface area contributed by atoms with Gasteiger partial charge in [-0.2, -0.15) is 0 Å². The first-order chi connectivity index (χ1) is 16.8. The molecule has 1 heterocycles. The first-order valence-electron chi connectivity index (χ1n) is 11.2. The molecule has 0 aromatic heterocycles. The number of aliphatic hydroxyl groups excluding tert-OH is 1. The highest BCUT2D eigenvalue weighted by atomic mass is 79.9. The maximum Gasteiger partial charge on any atom is 0.295 e. The van der Waals surface area contributed by atoms with Gasteiger partial charge >= 0.3 is 0 Å². The van der Waals surface area contributed by atoms with Crippen LogP contribution in [0.2, 0.25) is 0 Å². The molecule has 0 aliphatic carbocycles. The van der Waals surface area contributed by atoms with Crippen molar-refractivity contribution in [2.45, 2.75) is 26.4 Å². The molecule has 1 aliphatic heterocycles. The lowest BCUT2D eigenvalue weighted by molar-refractivity contribution is -0.140. The summed E-state index contributed by atoms with van der Waals surface area (Å²) < 4.78 is 12.0. The molecule has 1 saturated heterocycles. The Morgan fingerprint density at radius 1 is 1.06 bits per heavy atom. The number of likely N-dealkylation sites (tertiary alicyclic amines) is 1. The average Bonchev–Trinajstić information content (AvgIpc) is 3.11. The molecular formula is C28H26BrNO5. The minimum absolute atomic E-state index is 0.0419. The second kappa shape index (κ2) is 10.4. The lowest BCUT2D eigenvalue weighted by Gasteiger charge is -2.26. The third-order valence-electron chi connectivity index (χ3n) is 5.99. The normalized spacial score (nSPS) is 17.0. The number of carbonyl (C=O) groups is 2. The Balaban J connectivity index is 1.89. The molecule has 35 heavy (non-hydrogen) atoms. The zero-order valence-corrected chi connectivity index (χ0v) is 21.3. The Bertz CT molecular complexity index is 1320. The highest BCUT2D eigenvalue weighted by Crippen LogP contribution is 2.42. The molecule has 4 rings (SSSR count). The Hall–Kier alpha value is -3.58. The summed E-state index contributed by atoms with van der Waals surface area (Å²) in [5, 5.41) is 11.3. The number of para-hydroxylation sites is 1. The Morgan fingerprint density at radius 2 is 1.83 bits per heavy atom. The van der Waals surface area contributed by atoms with E-state index in [1.807, 2.05) is 50.2 Å². The van der Waals surface area contributed by atoms with Gasteiger partial charge in [0.05, 0.1) is 31.9 Å². The van der Waals surface area contributed by atoms with Gasteiger partial charge in [0.2, 0.25) is 0 Å². The number of carbonyl (C=O) groups excluding carboxylic acids is 2. The number of ketones is 1. The van der Waals surface area contributed by atoms with Crippen LogP contribution in [0.3, 0.4) is 0 Å². The van der Waals surface area contributed by atoms with Gasteiger partial charge in [-0.25, -0.2) is 0 Å². The topological polar surface area (TPSA) is 76.1 Å². The first kappa shape index (κ1) is 24.5. The Labute approximate surface area is 212 Å². The first-order valence-corrected chi connectivity index (χ1v) is 12.0. The molecule has 0 radical (unpaired) electrons. The predicted molar refractivity (Wildman–Crippen MR) is 137 cm³/mol. The monoisotopic (exact) mass is 535 g/mol. The van der Waals surface area contributed by atoms with Crippen molar-refractivity contribution in [2.75, 3.05) is 13.7 Å². The number of aliphatic hydroxyl groups is 1. The fourth-order valence-electron chi connectivity index (χ4n) is 4.30. The van der Waals surface area contributed by atoms with Crippen LogP contribution in [-0.2, 0) is 16.1 Å². The van der Waals surface area contributed by atoms with Gasteiger partial charge in [0, 0.05) is 15.6 Å². The lowest BCUT2D eigenvalue weighted by Crippen LogP contribution is -2.29. The van der Waals surface area contributed by atoms with Gasteiger partial charge in [-0.05, 0) is 55.3 Å². The summed E-state index contributed by atoms with van der Waals surface area (Å²) in [5.41, 5.74) is 2.82. The van der Waals surface area contributed by atoms with E-state index in [9.17, 15) is 14.7 Å². The van der Waals surface area contributed by atoms with Crippen LogP contribution in [-0.4, -0.2) is 35.4 Å². The summed E-state index contributed by atoms with van der Waals surface area (Å²) in [4.78, 5) is 28.1. The number of ether oxygens (including phenoxy) is 2. The minimum Gasteiger partial charge on any atom is -0.507 e. The van der Waals surface area contributed by atoms with E-state index in [0.717, 1.165) is 15.6 Å². The smallest absolute Gasteiger partial charge is 0.295 e. The fraction of sp³-hybridized carbons (Fsp3) is 0.214. The average molecular weight is 536 g/mol. The van der Waals surface area contributed by atoms with Crippen LogP contribution in [0.15, 0.2) is 76.8 Å². The summed E-state index contributed by atoms with van der Waals surface area (Å²) in [6, 6.07) is 19.1. The van der Waals surface area contributed by atoms with Crippen molar-refractivity contribution in [3.05, 3.63) is 99.0 Å². The molecule has 1 aliphatic rings. The number of Topliss-reactive ketones (excluding diaryl/α,β-unsaturated/α-hetero) is 1. The second-order valence-electron chi connectivity index (χ2n) is 8.21. The number of hydrogen-bond acceptors (Lipinski definition) is 5. The lowest BCUT2D eigenvalue weighted by atomic mass is 9.94.